The fraction of sp³-hybridized carbons (Fsp3) is 0.551. The molecule has 7 atom stereocenters. The molecule has 10 amide bonds. The van der Waals surface area contributed by atoms with Crippen LogP contribution in [0, 0.1) is 5.92 Å². The van der Waals surface area contributed by atoms with Gasteiger partial charge in [-0.1, -0.05) is 96.2 Å². The van der Waals surface area contributed by atoms with Gasteiger partial charge < -0.3 is 64.4 Å². The van der Waals surface area contributed by atoms with E-state index in [1.54, 1.807) is 42.5 Å². The Morgan fingerprint density at radius 3 is 1.99 bits per heavy atom. The second kappa shape index (κ2) is 29.3. The van der Waals surface area contributed by atoms with Gasteiger partial charge in [0.2, 0.25) is 59.1 Å². The van der Waals surface area contributed by atoms with Crippen LogP contribution in [0.1, 0.15) is 88.2 Å². The Hall–Kier alpha value is -6.40. The van der Waals surface area contributed by atoms with Crippen molar-refractivity contribution in [1.29, 1.82) is 0 Å². The summed E-state index contributed by atoms with van der Waals surface area (Å²) in [6.45, 7) is -0.173. The molecule has 3 aliphatic rings. The third kappa shape index (κ3) is 18.9. The number of nitrogens with zero attached hydrogens (tertiary/aromatic N) is 1. The van der Waals surface area contributed by atoms with E-state index in [2.05, 4.69) is 37.2 Å². The zero-order valence-electron chi connectivity index (χ0n) is 40.8. The van der Waals surface area contributed by atoms with Crippen molar-refractivity contribution in [2.75, 3.05) is 31.1 Å². The minimum absolute atomic E-state index is 0.00239. The minimum Gasteiger partial charge on any atom is -0.508 e. The fourth-order valence-electron chi connectivity index (χ4n) is 9.03. The highest BCUT2D eigenvalue weighted by Crippen LogP contribution is 2.29. The molecule has 2 saturated heterocycles. The minimum atomic E-state index is -1.63. The Kier molecular flexibility index (Phi) is 23.1. The van der Waals surface area contributed by atoms with Crippen LogP contribution in [0.25, 0.3) is 0 Å². The first kappa shape index (κ1) is 57.5. The zero-order chi connectivity index (χ0) is 52.9. The number of hydrogen-bond acceptors (Lipinski definition) is 14. The molecule has 0 radical (unpaired) electrons. The number of rotatable bonds is 17. The van der Waals surface area contributed by atoms with E-state index in [0.29, 0.717) is 24.0 Å². The largest absolute Gasteiger partial charge is 0.508 e. The van der Waals surface area contributed by atoms with Gasteiger partial charge in [0.05, 0.1) is 13.0 Å². The van der Waals surface area contributed by atoms with Crippen LogP contribution < -0.4 is 54.4 Å². The summed E-state index contributed by atoms with van der Waals surface area (Å²) in [5.74, 6) is -7.43. The SMILES string of the molecule is NCCCC(NC(=O)C1CCCN1C(=O)C1CSSCCC(=O)NC(Cc2ccc(O)cc2)C(=O)NC(Cc2ccccc2)C(=O)NC(CC2CCCCC2)C(=O)NC(CC(N)=O)C(=O)N1)C(=O)NCC(N)=O. The van der Waals surface area contributed by atoms with Crippen LogP contribution in [0.4, 0.5) is 0 Å². The van der Waals surface area contributed by atoms with Gasteiger partial charge in [-0.2, -0.15) is 0 Å². The van der Waals surface area contributed by atoms with E-state index in [-0.39, 0.29) is 74.8 Å². The lowest BCUT2D eigenvalue weighted by Crippen LogP contribution is -2.61. The van der Waals surface area contributed by atoms with E-state index in [9.17, 15) is 53.1 Å². The van der Waals surface area contributed by atoms with Gasteiger partial charge in [0.25, 0.3) is 0 Å². The lowest BCUT2D eigenvalue weighted by atomic mass is 9.84. The summed E-state index contributed by atoms with van der Waals surface area (Å²) in [7, 11) is 2.31. The molecule has 7 unspecified atom stereocenters. The number of phenols is 1. The highest BCUT2D eigenvalue weighted by Gasteiger charge is 2.41. The van der Waals surface area contributed by atoms with Crippen LogP contribution in [0.15, 0.2) is 54.6 Å². The van der Waals surface area contributed by atoms with Crippen molar-refractivity contribution < 1.29 is 53.1 Å². The third-order valence-electron chi connectivity index (χ3n) is 12.9. The van der Waals surface area contributed by atoms with Gasteiger partial charge in [-0.05, 0) is 67.8 Å². The molecule has 2 aromatic carbocycles. The Balaban J connectivity index is 1.47. The third-order valence-corrected chi connectivity index (χ3v) is 15.3. The molecule has 2 heterocycles. The van der Waals surface area contributed by atoms with Crippen LogP contribution >= 0.6 is 21.6 Å². The smallest absolute Gasteiger partial charge is 0.246 e. The van der Waals surface area contributed by atoms with Crippen molar-refractivity contribution in [1.82, 2.24) is 42.1 Å². The second-order valence-electron chi connectivity index (χ2n) is 18.6. The number of likely N-dealkylation sites (tertiary alicyclic amines) is 1. The summed E-state index contributed by atoms with van der Waals surface area (Å²) in [5.41, 5.74) is 17.8. The first-order valence-corrected chi connectivity index (χ1v) is 27.2. The Morgan fingerprint density at radius 1 is 0.712 bits per heavy atom. The Morgan fingerprint density at radius 2 is 1.33 bits per heavy atom. The van der Waals surface area contributed by atoms with Gasteiger partial charge in [-0.15, -0.1) is 0 Å². The molecule has 1 aliphatic carbocycles. The van der Waals surface area contributed by atoms with Gasteiger partial charge in [0.1, 0.15) is 48.0 Å². The molecule has 14 N–H and O–H groups in total. The summed E-state index contributed by atoms with van der Waals surface area (Å²) >= 11 is 0. The number of nitrogens with one attached hydrogen (secondary N) is 7. The molecule has 5 rings (SSSR count). The number of phenolic OH excluding ortho intramolecular Hbond substituents is 1. The molecular formula is C49H69N11O11S2. The van der Waals surface area contributed by atoms with E-state index in [1.807, 2.05) is 0 Å². The van der Waals surface area contributed by atoms with E-state index in [4.69, 9.17) is 17.2 Å². The van der Waals surface area contributed by atoms with Crippen molar-refractivity contribution in [3.05, 3.63) is 65.7 Å². The van der Waals surface area contributed by atoms with Crippen LogP contribution in [0.5, 0.6) is 5.75 Å². The molecule has 24 heteroatoms. The number of carbonyl (C=O) groups excluding carboxylic acids is 10. The highest BCUT2D eigenvalue weighted by molar-refractivity contribution is 8.76. The number of hydrogen-bond donors (Lipinski definition) is 11. The van der Waals surface area contributed by atoms with Crippen LogP contribution in [0.2, 0.25) is 0 Å². The van der Waals surface area contributed by atoms with Crippen molar-refractivity contribution in [2.45, 2.75) is 132 Å². The van der Waals surface area contributed by atoms with E-state index >= 15 is 0 Å². The van der Waals surface area contributed by atoms with Gasteiger partial charge in [-0.25, -0.2) is 0 Å². The van der Waals surface area contributed by atoms with Crippen molar-refractivity contribution in [3.63, 3.8) is 0 Å². The van der Waals surface area contributed by atoms with Crippen molar-refractivity contribution >= 4 is 80.7 Å². The molecule has 22 nitrogen and oxygen atoms in total. The summed E-state index contributed by atoms with van der Waals surface area (Å²) in [6, 6.07) is 6.06. The standard InChI is InChI=1S/C49H69N11O11S2/c50-20-7-13-33(43(65)53-27-41(52)63)55-48(70)39-14-8-21-60(39)49(71)38-28-73-72-22-19-42(64)54-34(25-31-15-17-32(61)18-16-31)44(66)56-35(23-29-9-3-1-4-10-29)45(67)57-36(24-30-11-5-2-6-12-30)46(68)58-37(26-40(51)62)47(69)59-38/h1,3-4,9-10,15-18,30,33-39,61H,2,5-8,11-14,19-28,50H2,(H2,51,62)(H2,52,63)(H,53,65)(H,54,64)(H,55,70)(H,56,66)(H,57,67)(H,58,68)(H,59,69). The first-order valence-electron chi connectivity index (χ1n) is 24.7. The quantitative estimate of drug-likeness (QED) is 0.0852. The van der Waals surface area contributed by atoms with Gasteiger partial charge >= 0.3 is 0 Å². The molecule has 73 heavy (non-hydrogen) atoms. The van der Waals surface area contributed by atoms with Crippen LogP contribution in [-0.2, 0) is 60.8 Å². The maximum absolute atomic E-state index is 14.6. The number of benzene rings is 2. The zero-order valence-corrected chi connectivity index (χ0v) is 42.4. The second-order valence-corrected chi connectivity index (χ2v) is 21.2. The van der Waals surface area contributed by atoms with E-state index in [0.717, 1.165) is 42.9 Å². The molecule has 1 saturated carbocycles. The number of nitrogens with two attached hydrogens (primary N) is 3. The van der Waals surface area contributed by atoms with Crippen molar-refractivity contribution in [3.8, 4) is 5.75 Å². The molecule has 0 bridgehead atoms. The Bertz CT molecular complexity index is 2250. The average molecular weight is 1050 g/mol. The number of aromatic hydroxyl groups is 1. The summed E-state index contributed by atoms with van der Waals surface area (Å²) < 4.78 is 0. The normalized spacial score (nSPS) is 23.6. The lowest BCUT2D eigenvalue weighted by molar-refractivity contribution is -0.142. The molecule has 0 aromatic heterocycles. The van der Waals surface area contributed by atoms with E-state index in [1.165, 1.54) is 27.8 Å². The summed E-state index contributed by atoms with van der Waals surface area (Å²) in [4.78, 5) is 138. The molecule has 0 spiro atoms. The monoisotopic (exact) mass is 1050 g/mol. The predicted octanol–water partition coefficient (Wildman–Crippen LogP) is -0.951. The maximum atomic E-state index is 14.6. The average Bonchev–Trinajstić information content (AvgIpc) is 3.86. The fourth-order valence-corrected chi connectivity index (χ4v) is 11.2. The predicted molar refractivity (Wildman–Crippen MR) is 273 cm³/mol. The Labute approximate surface area is 432 Å². The number of carbonyl (C=O) groups is 10. The molecule has 2 aliphatic heterocycles. The molecular weight excluding hydrogens is 983 g/mol. The first-order chi connectivity index (χ1) is 35.0. The molecule has 398 valence electrons. The molecule has 3 fully saturated rings. The van der Waals surface area contributed by atoms with Gasteiger partial charge in [-0.3, -0.25) is 47.9 Å². The highest BCUT2D eigenvalue weighted by atomic mass is 33.1. The number of primary amides is 2. The van der Waals surface area contributed by atoms with Crippen LogP contribution in [0.3, 0.4) is 0 Å². The topological polar surface area (TPSA) is 356 Å². The van der Waals surface area contributed by atoms with Crippen LogP contribution in [-0.4, -0.2) is 143 Å². The molecule has 2 aromatic rings. The summed E-state index contributed by atoms with van der Waals surface area (Å²) in [5, 5.41) is 28.7. The van der Waals surface area contributed by atoms with Gasteiger partial charge in [0, 0.05) is 37.3 Å². The van der Waals surface area contributed by atoms with Crippen molar-refractivity contribution in [2.24, 2.45) is 23.1 Å². The maximum Gasteiger partial charge on any atom is 0.246 e. The summed E-state index contributed by atoms with van der Waals surface area (Å²) in [6.07, 6.45) is 4.71. The van der Waals surface area contributed by atoms with E-state index < -0.39 is 114 Å². The number of amides is 10. The lowest BCUT2D eigenvalue weighted by Gasteiger charge is -2.31. The van der Waals surface area contributed by atoms with Gasteiger partial charge in [0.15, 0.2) is 0 Å².